The van der Waals surface area contributed by atoms with Gasteiger partial charge in [-0.3, -0.25) is 96.5 Å². The number of aromatic nitrogens is 1. The number of nitrogens with two attached hydrogens (primary N) is 3. The van der Waals surface area contributed by atoms with Gasteiger partial charge in [0.25, 0.3) is 0 Å². The number of H-pyrrole nitrogens is 1. The minimum absolute atomic E-state index is 0.0188. The highest BCUT2D eigenvalue weighted by atomic mass is 32.2. The molecule has 0 spiro atoms. The Kier molecular flexibility index (Phi) is 43.8. The van der Waals surface area contributed by atoms with Crippen LogP contribution in [0.25, 0.3) is 22.0 Å². The highest BCUT2D eigenvalue weighted by Crippen LogP contribution is 2.25. The first-order chi connectivity index (χ1) is 66.3. The maximum absolute atomic E-state index is 15.4. The van der Waals surface area contributed by atoms with Crippen LogP contribution >= 0.6 is 11.8 Å². The molecule has 5 aromatic carbocycles. The Balaban J connectivity index is 1.35. The van der Waals surface area contributed by atoms with Crippen LogP contribution in [-0.4, -0.2) is 283 Å². The van der Waals surface area contributed by atoms with E-state index in [0.29, 0.717) is 39.4 Å². The van der Waals surface area contributed by atoms with E-state index in [-0.39, 0.29) is 55.9 Å². The van der Waals surface area contributed by atoms with Crippen LogP contribution in [0.2, 0.25) is 0 Å². The van der Waals surface area contributed by atoms with Gasteiger partial charge in [-0.1, -0.05) is 157 Å². The molecular formula is C95H127N21O23S. The van der Waals surface area contributed by atoms with Crippen molar-refractivity contribution < 1.29 is 112 Å². The maximum atomic E-state index is 15.4. The molecule has 2 heterocycles. The van der Waals surface area contributed by atoms with E-state index in [1.807, 2.05) is 30.3 Å². The lowest BCUT2D eigenvalue weighted by molar-refractivity contribution is -0.148. The van der Waals surface area contributed by atoms with Crippen LogP contribution < -0.4 is 91.6 Å². The fourth-order valence-electron chi connectivity index (χ4n) is 15.2. The molecule has 1 saturated heterocycles. The number of primary amides is 2. The number of guanidine groups is 1. The highest BCUT2D eigenvalue weighted by Gasteiger charge is 2.42. The zero-order valence-corrected chi connectivity index (χ0v) is 80.0. The number of fused-ring (bicyclic) bond motifs is 1. The van der Waals surface area contributed by atoms with Gasteiger partial charge in [0.05, 0.1) is 25.3 Å². The number of aliphatic carboxylic acids is 2. The van der Waals surface area contributed by atoms with E-state index in [1.54, 1.807) is 92.7 Å². The van der Waals surface area contributed by atoms with E-state index in [4.69, 9.17) is 22.6 Å². The predicted molar refractivity (Wildman–Crippen MR) is 514 cm³/mol. The quantitative estimate of drug-likeness (QED) is 0.0135. The molecule has 140 heavy (non-hydrogen) atoms. The van der Waals surface area contributed by atoms with Gasteiger partial charge in [0, 0.05) is 82.0 Å². The summed E-state index contributed by atoms with van der Waals surface area (Å²) in [6.45, 7) is 8.76. The Morgan fingerprint density at radius 2 is 0.929 bits per heavy atom. The Bertz CT molecular complexity index is 5380. The van der Waals surface area contributed by atoms with Crippen molar-refractivity contribution in [1.82, 2.24) is 89.2 Å². The van der Waals surface area contributed by atoms with Crippen molar-refractivity contribution in [3.63, 3.8) is 0 Å². The Morgan fingerprint density at radius 1 is 0.464 bits per heavy atom. The van der Waals surface area contributed by atoms with Crippen molar-refractivity contribution in [2.75, 3.05) is 45.3 Å². The van der Waals surface area contributed by atoms with Gasteiger partial charge in [0.2, 0.25) is 100 Å². The number of likely N-dealkylation sites (N-methyl/N-ethyl adjacent to an activating group) is 2. The number of rotatable bonds is 29. The van der Waals surface area contributed by atoms with Crippen molar-refractivity contribution in [3.8, 4) is 16.9 Å². The number of aromatic amines is 1. The average molecular weight is 1960 g/mol. The summed E-state index contributed by atoms with van der Waals surface area (Å²) in [7, 11) is 2.43. The molecule has 0 unspecified atom stereocenters. The van der Waals surface area contributed by atoms with Gasteiger partial charge in [0.1, 0.15) is 90.3 Å². The molecule has 17 amide bonds. The number of phenols is 1. The molecule has 0 aliphatic carbocycles. The van der Waals surface area contributed by atoms with Gasteiger partial charge < -0.3 is 127 Å². The number of aliphatic hydroxyl groups is 1. The predicted octanol–water partition coefficient (Wildman–Crippen LogP) is -2.13. The third kappa shape index (κ3) is 35.5. The maximum Gasteiger partial charge on any atom is 0.305 e. The highest BCUT2D eigenvalue weighted by molar-refractivity contribution is 8.00. The third-order valence-corrected chi connectivity index (χ3v) is 24.0. The molecule has 756 valence electrons. The van der Waals surface area contributed by atoms with E-state index in [0.717, 1.165) is 20.9 Å². The number of thioether (sulfide) groups is 1. The Labute approximate surface area is 812 Å². The van der Waals surface area contributed by atoms with Crippen molar-refractivity contribution >= 4 is 141 Å². The summed E-state index contributed by atoms with van der Waals surface area (Å²) in [5.74, 6) is -25.6. The number of hydrogen-bond donors (Lipinski definition) is 23. The number of aromatic hydroxyl groups is 1. The molecule has 14 atom stereocenters. The molecule has 26 N–H and O–H groups in total. The van der Waals surface area contributed by atoms with E-state index >= 15 is 43.2 Å². The van der Waals surface area contributed by atoms with Crippen LogP contribution in [0, 0.1) is 23.2 Å². The molecule has 1 aliphatic rings. The molecule has 1 fully saturated rings. The van der Waals surface area contributed by atoms with Gasteiger partial charge in [-0.05, 0) is 108 Å². The number of phenolic OH excluding ortho intramolecular Hbond substituents is 1. The number of nitrogens with one attached hydrogen (secondary N) is 16. The Morgan fingerprint density at radius 3 is 1.48 bits per heavy atom. The lowest BCUT2D eigenvalue weighted by Gasteiger charge is -2.35. The Hall–Kier alpha value is -15.0. The molecule has 45 heteroatoms. The summed E-state index contributed by atoms with van der Waals surface area (Å²) in [6, 6.07) is 12.0. The van der Waals surface area contributed by atoms with Crippen LogP contribution in [-0.2, 0) is 117 Å². The van der Waals surface area contributed by atoms with Crippen LogP contribution in [0.3, 0.4) is 0 Å². The van der Waals surface area contributed by atoms with Crippen LogP contribution in [0.4, 0.5) is 0 Å². The van der Waals surface area contributed by atoms with Crippen molar-refractivity contribution in [2.45, 2.75) is 210 Å². The number of carboxylic acid groups (broad SMARTS) is 2. The average Bonchev–Trinajstić information content (AvgIpc) is 1.79. The topological polar surface area (TPSA) is 698 Å². The second kappa shape index (κ2) is 54.8. The molecule has 1 aromatic heterocycles. The summed E-state index contributed by atoms with van der Waals surface area (Å²) in [6.07, 6.45) is -4.13. The van der Waals surface area contributed by atoms with Gasteiger partial charge in [-0.25, -0.2) is 0 Å². The lowest BCUT2D eigenvalue weighted by Crippen LogP contribution is -2.62. The molecule has 44 nitrogen and oxygen atoms in total. The summed E-state index contributed by atoms with van der Waals surface area (Å²) in [5, 5.41) is 85.4. The largest absolute Gasteiger partial charge is 0.508 e. The van der Waals surface area contributed by atoms with Crippen LogP contribution in [0.5, 0.6) is 5.75 Å². The molecule has 6 aromatic rings. The van der Waals surface area contributed by atoms with Crippen molar-refractivity contribution in [1.29, 1.82) is 5.41 Å². The number of carbonyl (C=O) groups excluding carboxylic acids is 17. The number of benzene rings is 5. The molecule has 7 rings (SSSR count). The van der Waals surface area contributed by atoms with E-state index in [2.05, 4.69) is 79.4 Å². The number of nitrogens with zero attached hydrogens (tertiary/aromatic N) is 2. The number of para-hydroxylation sites is 1. The van der Waals surface area contributed by atoms with Gasteiger partial charge in [-0.15, -0.1) is 11.8 Å². The van der Waals surface area contributed by atoms with Gasteiger partial charge in [0.15, 0.2) is 5.96 Å². The first-order valence-electron chi connectivity index (χ1n) is 45.5. The summed E-state index contributed by atoms with van der Waals surface area (Å²) >= 11 is 0.626. The smallest absolute Gasteiger partial charge is 0.305 e. The number of carboxylic acids is 2. The standard InChI is InChI=1S/C95H127N21O23S/c1-50(2)39-66-87(132)113-80(52(5)6)92(137)111-71(47-117)89(134)112-72(81(126)102-46-75(97)120)48-140-49-76(121)103-64(34-36-74(96)119)83(128)107-67(41-56-28-32-60(118)33-29-56)85(130)109-70(44-78(124)125)86(131)108-69(43-59-45-101-62-24-17-16-23-61(59)62)88(133)114-79(51(3)4)91(136)110-68(40-55-26-30-58(31-27-55)57-21-14-11-15-22-57)84(129)105-65(35-37-77(122)123)94(139)115(8)53(7)93(138)116(9)73(42-54-19-12-10-13-20-54)90(135)104-63(82(127)106-66)25-18-38-100-95(98)99/h10-17,19-24,26-33,45,50-53,63-73,79-80,101,117-118H,18,25,34-44,46-49H2,1-9H3,(H2,96,119)(H2,97,120)(H,102,126)(H,103,121)(H,104,135)(H,105,129)(H,106,127)(H,107,128)(H,108,131)(H,109,130)(H,110,136)(H,111,137)(H,112,134)(H,113,132)(H,114,133)(H,122,123)(H,124,125)(H4,98,99,100)/t53-,63-,64-,65-,66-,67-,68-,69-,70-,71-,72-,73-,79-,80-/m0/s1. The second-order valence-electron chi connectivity index (χ2n) is 35.1. The number of aliphatic hydroxyl groups excluding tert-OH is 1. The third-order valence-electron chi connectivity index (χ3n) is 23.0. The molecule has 0 bridgehead atoms. The lowest BCUT2D eigenvalue weighted by atomic mass is 9.98. The monoisotopic (exact) mass is 1960 g/mol. The molecular weight excluding hydrogens is 1840 g/mol. The zero-order valence-electron chi connectivity index (χ0n) is 79.2. The van der Waals surface area contributed by atoms with E-state index in [1.165, 1.54) is 79.2 Å². The number of hydrogen-bond acceptors (Lipinski definition) is 23. The second-order valence-corrected chi connectivity index (χ2v) is 36.2. The molecule has 0 saturated carbocycles. The molecule has 1 aliphatic heterocycles. The fraction of sp³-hybridized carbons (Fsp3) is 0.453. The normalized spacial score (nSPS) is 22.7. The van der Waals surface area contributed by atoms with Crippen LogP contribution in [0.1, 0.15) is 122 Å². The van der Waals surface area contributed by atoms with E-state index in [9.17, 15) is 68.4 Å². The van der Waals surface area contributed by atoms with Crippen molar-refractivity contribution in [3.05, 3.63) is 162 Å². The SMILES string of the molecule is CC(C)C[C@@H]1NC(=O)[C@H](CCCNC(=N)N)NC(=O)[C@H](Cc2ccccc2)N(C)C(=O)[C@H](C)N(C)C(=O)[C@H](CCC(=O)O)NC(=O)[C@H](Cc2ccc(-c3ccccc3)cc2)NC(=O)[C@H](C(C)C)NC(=O)[C@H](Cc2c[nH]c3ccccc23)NC(=O)[C@H](CC(=O)O)NC(=O)[C@H](Cc2ccc(O)cc2)NC(=O)[C@H](CCC(N)=O)NC(=O)CSC[C@@H](C(=O)NCC(N)=O)NC(=O)[C@H](CO)NC(=O)[C@H](C(C)C)NC1=O. The fourth-order valence-corrected chi connectivity index (χ4v) is 16.0. The number of carbonyl (C=O) groups is 19. The zero-order chi connectivity index (χ0) is 103. The molecule has 0 radical (unpaired) electrons. The van der Waals surface area contributed by atoms with Crippen molar-refractivity contribution in [2.24, 2.45) is 35.0 Å². The summed E-state index contributed by atoms with van der Waals surface area (Å²) in [4.78, 5) is 278. The van der Waals surface area contributed by atoms with Gasteiger partial charge in [-0.2, -0.15) is 0 Å². The van der Waals surface area contributed by atoms with Gasteiger partial charge >= 0.3 is 11.9 Å². The first kappa shape index (κ1) is 112. The minimum atomic E-state index is -2.14. The van der Waals surface area contributed by atoms with E-state index < -0.39 is 284 Å². The number of amides is 17. The summed E-state index contributed by atoms with van der Waals surface area (Å²) < 4.78 is 0. The first-order valence-corrected chi connectivity index (χ1v) is 46.7. The minimum Gasteiger partial charge on any atom is -0.508 e. The summed E-state index contributed by atoms with van der Waals surface area (Å²) in [5.41, 5.74) is 20.1. The van der Waals surface area contributed by atoms with Crippen LogP contribution in [0.15, 0.2) is 140 Å².